The summed E-state index contributed by atoms with van der Waals surface area (Å²) in [6, 6.07) is 5.83. The SMILES string of the molecule is CC(C)(C)c1cc(C(N)CC(=O)O)cc(C(C)(C)C)c1.Cl. The number of rotatable bonds is 3. The summed E-state index contributed by atoms with van der Waals surface area (Å²) < 4.78 is 0. The van der Waals surface area contributed by atoms with E-state index >= 15 is 0 Å². The van der Waals surface area contributed by atoms with Gasteiger partial charge in [-0.3, -0.25) is 4.79 Å². The van der Waals surface area contributed by atoms with Gasteiger partial charge in [-0.15, -0.1) is 12.4 Å². The van der Waals surface area contributed by atoms with Gasteiger partial charge in [0.25, 0.3) is 0 Å². The van der Waals surface area contributed by atoms with Gasteiger partial charge in [0.1, 0.15) is 0 Å². The maximum atomic E-state index is 10.9. The van der Waals surface area contributed by atoms with Crippen molar-refractivity contribution in [2.24, 2.45) is 5.73 Å². The summed E-state index contributed by atoms with van der Waals surface area (Å²) in [5, 5.41) is 8.92. The molecule has 120 valence electrons. The number of benzene rings is 1. The van der Waals surface area contributed by atoms with E-state index in [9.17, 15) is 4.79 Å². The number of aliphatic carboxylic acids is 1. The molecule has 4 heteroatoms. The first-order valence-electron chi connectivity index (χ1n) is 7.04. The summed E-state index contributed by atoms with van der Waals surface area (Å²) in [6.07, 6.45) is -0.0445. The van der Waals surface area contributed by atoms with Crippen LogP contribution in [-0.4, -0.2) is 11.1 Å². The fourth-order valence-corrected chi connectivity index (χ4v) is 2.04. The van der Waals surface area contributed by atoms with Crippen LogP contribution >= 0.6 is 12.4 Å². The van der Waals surface area contributed by atoms with Crippen LogP contribution in [0.1, 0.15) is 70.7 Å². The van der Waals surface area contributed by atoms with E-state index in [2.05, 4.69) is 47.6 Å². The molecule has 0 aliphatic heterocycles. The number of carboxylic acid groups (broad SMARTS) is 1. The van der Waals surface area contributed by atoms with Crippen LogP contribution in [0.15, 0.2) is 18.2 Å². The summed E-state index contributed by atoms with van der Waals surface area (Å²) in [5.74, 6) is -0.865. The van der Waals surface area contributed by atoms with Crippen LogP contribution in [0.4, 0.5) is 0 Å². The lowest BCUT2D eigenvalue weighted by Gasteiger charge is -2.27. The zero-order valence-electron chi connectivity index (χ0n) is 13.9. The third-order valence-electron chi connectivity index (χ3n) is 3.51. The molecular formula is C17H28ClNO2. The molecule has 1 aromatic carbocycles. The Morgan fingerprint density at radius 2 is 1.43 bits per heavy atom. The van der Waals surface area contributed by atoms with Gasteiger partial charge in [-0.05, 0) is 27.5 Å². The Hall–Kier alpha value is -1.06. The second-order valence-corrected chi connectivity index (χ2v) is 7.55. The molecule has 0 fully saturated rings. The number of nitrogens with two attached hydrogens (primary N) is 1. The van der Waals surface area contributed by atoms with Gasteiger partial charge in [0.2, 0.25) is 0 Å². The average Bonchev–Trinajstić information content (AvgIpc) is 2.25. The lowest BCUT2D eigenvalue weighted by molar-refractivity contribution is -0.137. The molecule has 1 unspecified atom stereocenters. The van der Waals surface area contributed by atoms with E-state index in [4.69, 9.17) is 10.8 Å². The minimum Gasteiger partial charge on any atom is -0.481 e. The molecule has 0 amide bonds. The summed E-state index contributed by atoms with van der Waals surface area (Å²) >= 11 is 0. The fraction of sp³-hybridized carbons (Fsp3) is 0.588. The lowest BCUT2D eigenvalue weighted by atomic mass is 9.78. The van der Waals surface area contributed by atoms with Crippen LogP contribution in [-0.2, 0) is 15.6 Å². The van der Waals surface area contributed by atoms with Crippen LogP contribution in [0, 0.1) is 0 Å². The third-order valence-corrected chi connectivity index (χ3v) is 3.51. The second kappa shape index (κ2) is 6.80. The van der Waals surface area contributed by atoms with Crippen molar-refractivity contribution < 1.29 is 9.90 Å². The summed E-state index contributed by atoms with van der Waals surface area (Å²) in [6.45, 7) is 12.9. The van der Waals surface area contributed by atoms with E-state index < -0.39 is 12.0 Å². The number of halogens is 1. The molecule has 0 heterocycles. The monoisotopic (exact) mass is 313 g/mol. The number of hydrogen-bond donors (Lipinski definition) is 2. The zero-order valence-corrected chi connectivity index (χ0v) is 14.7. The molecular weight excluding hydrogens is 286 g/mol. The van der Waals surface area contributed by atoms with Gasteiger partial charge in [-0.2, -0.15) is 0 Å². The third kappa shape index (κ3) is 5.68. The molecule has 0 aliphatic rings. The van der Waals surface area contributed by atoms with Crippen molar-refractivity contribution in [1.82, 2.24) is 0 Å². The average molecular weight is 314 g/mol. The molecule has 3 nitrogen and oxygen atoms in total. The molecule has 0 saturated carbocycles. The molecule has 0 aromatic heterocycles. The summed E-state index contributed by atoms with van der Waals surface area (Å²) in [7, 11) is 0. The van der Waals surface area contributed by atoms with Crippen LogP contribution < -0.4 is 5.73 Å². The van der Waals surface area contributed by atoms with Gasteiger partial charge in [0, 0.05) is 6.04 Å². The second-order valence-electron chi connectivity index (χ2n) is 7.55. The van der Waals surface area contributed by atoms with Crippen LogP contribution in [0.2, 0.25) is 0 Å². The van der Waals surface area contributed by atoms with Crippen LogP contribution in [0.3, 0.4) is 0 Å². The van der Waals surface area contributed by atoms with E-state index in [-0.39, 0.29) is 29.7 Å². The quantitative estimate of drug-likeness (QED) is 0.880. The molecule has 3 N–H and O–H groups in total. The van der Waals surface area contributed by atoms with E-state index in [0.717, 1.165) is 5.56 Å². The zero-order chi connectivity index (χ0) is 15.7. The first-order chi connectivity index (χ1) is 8.91. The Morgan fingerprint density at radius 3 is 1.71 bits per heavy atom. The van der Waals surface area contributed by atoms with E-state index in [1.807, 2.05) is 12.1 Å². The highest BCUT2D eigenvalue weighted by molar-refractivity contribution is 5.85. The fourth-order valence-electron chi connectivity index (χ4n) is 2.04. The minimum atomic E-state index is -0.865. The van der Waals surface area contributed by atoms with E-state index in [1.165, 1.54) is 11.1 Å². The molecule has 0 aliphatic carbocycles. The van der Waals surface area contributed by atoms with Gasteiger partial charge < -0.3 is 10.8 Å². The Bertz CT molecular complexity index is 466. The van der Waals surface area contributed by atoms with Crippen LogP contribution in [0.25, 0.3) is 0 Å². The van der Waals surface area contributed by atoms with Crippen molar-refractivity contribution in [1.29, 1.82) is 0 Å². The highest BCUT2D eigenvalue weighted by Crippen LogP contribution is 2.32. The molecule has 0 spiro atoms. The summed E-state index contributed by atoms with van der Waals surface area (Å²) in [5.41, 5.74) is 9.36. The Kier molecular flexibility index (Phi) is 6.46. The van der Waals surface area contributed by atoms with Crippen molar-refractivity contribution in [3.63, 3.8) is 0 Å². The molecule has 21 heavy (non-hydrogen) atoms. The largest absolute Gasteiger partial charge is 0.481 e. The Morgan fingerprint density at radius 1 is 1.05 bits per heavy atom. The maximum absolute atomic E-state index is 10.9. The Balaban J connectivity index is 0.00000400. The molecule has 0 saturated heterocycles. The highest BCUT2D eigenvalue weighted by atomic mass is 35.5. The molecule has 1 rings (SSSR count). The number of hydrogen-bond acceptors (Lipinski definition) is 2. The number of carboxylic acids is 1. The van der Waals surface area contributed by atoms with E-state index in [1.54, 1.807) is 0 Å². The van der Waals surface area contributed by atoms with Gasteiger partial charge >= 0.3 is 5.97 Å². The van der Waals surface area contributed by atoms with Gasteiger partial charge in [0.15, 0.2) is 0 Å². The number of carbonyl (C=O) groups is 1. The highest BCUT2D eigenvalue weighted by Gasteiger charge is 2.22. The molecule has 0 radical (unpaired) electrons. The summed E-state index contributed by atoms with van der Waals surface area (Å²) in [4.78, 5) is 10.9. The predicted octanol–water partition coefficient (Wildman–Crippen LogP) is 4.18. The van der Waals surface area contributed by atoms with Crippen molar-refractivity contribution in [3.05, 3.63) is 34.9 Å². The smallest absolute Gasteiger partial charge is 0.305 e. The van der Waals surface area contributed by atoms with Crippen molar-refractivity contribution in [3.8, 4) is 0 Å². The lowest BCUT2D eigenvalue weighted by Crippen LogP contribution is -2.20. The standard InChI is InChI=1S/C17H27NO2.ClH/c1-16(2,3)12-7-11(14(18)10-15(19)20)8-13(9-12)17(4,5)6;/h7-9,14H,10,18H2,1-6H3,(H,19,20);1H. The van der Waals surface area contributed by atoms with Gasteiger partial charge in [-0.1, -0.05) is 59.7 Å². The Labute approximate surface area is 134 Å². The predicted molar refractivity (Wildman–Crippen MR) is 90.3 cm³/mol. The molecule has 1 aromatic rings. The van der Waals surface area contributed by atoms with Crippen molar-refractivity contribution in [2.45, 2.75) is 64.8 Å². The molecule has 0 bridgehead atoms. The van der Waals surface area contributed by atoms with E-state index in [0.29, 0.717) is 0 Å². The van der Waals surface area contributed by atoms with Gasteiger partial charge in [-0.25, -0.2) is 0 Å². The first kappa shape index (κ1) is 19.9. The maximum Gasteiger partial charge on any atom is 0.305 e. The normalized spacial score (nSPS) is 13.5. The van der Waals surface area contributed by atoms with Crippen molar-refractivity contribution in [2.75, 3.05) is 0 Å². The topological polar surface area (TPSA) is 63.3 Å². The van der Waals surface area contributed by atoms with Gasteiger partial charge in [0.05, 0.1) is 6.42 Å². The minimum absolute atomic E-state index is 0. The first-order valence-corrected chi connectivity index (χ1v) is 7.04. The molecule has 1 atom stereocenters. The van der Waals surface area contributed by atoms with Crippen LogP contribution in [0.5, 0.6) is 0 Å². The van der Waals surface area contributed by atoms with Crippen molar-refractivity contribution >= 4 is 18.4 Å².